The lowest BCUT2D eigenvalue weighted by Crippen LogP contribution is -2.40. The van der Waals surface area contributed by atoms with Gasteiger partial charge >= 0.3 is 0 Å². The molecule has 1 aliphatic rings. The fourth-order valence-electron chi connectivity index (χ4n) is 1.77. The highest BCUT2D eigenvalue weighted by Crippen LogP contribution is 2.30. The summed E-state index contributed by atoms with van der Waals surface area (Å²) in [7, 11) is 0. The molecule has 0 bridgehead atoms. The summed E-state index contributed by atoms with van der Waals surface area (Å²) < 4.78 is 0.189. The number of pyridine rings is 1. The minimum Gasteiger partial charge on any atom is -0.356 e. The average molecular weight is 406 g/mol. The molecular formula is C14H23IN4S. The second-order valence-electron chi connectivity index (χ2n) is 5.58. The van der Waals surface area contributed by atoms with Crippen molar-refractivity contribution in [3.05, 3.63) is 23.9 Å². The van der Waals surface area contributed by atoms with Crippen LogP contribution in [0.4, 0.5) is 0 Å². The monoisotopic (exact) mass is 406 g/mol. The van der Waals surface area contributed by atoms with E-state index in [1.54, 1.807) is 11.8 Å². The first-order valence-corrected chi connectivity index (χ1v) is 7.51. The molecule has 6 heteroatoms. The largest absolute Gasteiger partial charge is 0.356 e. The fourth-order valence-corrected chi connectivity index (χ4v) is 2.72. The van der Waals surface area contributed by atoms with Crippen LogP contribution < -0.4 is 10.6 Å². The number of rotatable bonds is 3. The van der Waals surface area contributed by atoms with Crippen LogP contribution in [-0.4, -0.2) is 28.8 Å². The molecule has 0 aliphatic carbocycles. The van der Waals surface area contributed by atoms with Gasteiger partial charge in [-0.2, -0.15) is 0 Å². The lowest BCUT2D eigenvalue weighted by Gasteiger charge is -2.18. The van der Waals surface area contributed by atoms with Crippen molar-refractivity contribution in [3.8, 4) is 0 Å². The van der Waals surface area contributed by atoms with Gasteiger partial charge < -0.3 is 10.6 Å². The third-order valence-electron chi connectivity index (χ3n) is 2.57. The van der Waals surface area contributed by atoms with Crippen molar-refractivity contribution in [3.63, 3.8) is 0 Å². The number of aliphatic imine (C=N–C) groups is 1. The van der Waals surface area contributed by atoms with Gasteiger partial charge in [-0.25, -0.2) is 4.98 Å². The van der Waals surface area contributed by atoms with E-state index in [4.69, 9.17) is 0 Å². The van der Waals surface area contributed by atoms with Crippen LogP contribution in [0.2, 0.25) is 0 Å². The molecule has 20 heavy (non-hydrogen) atoms. The Balaban J connectivity index is 0.00000200. The zero-order chi connectivity index (χ0) is 13.7. The second kappa shape index (κ2) is 8.07. The summed E-state index contributed by atoms with van der Waals surface area (Å²) in [6.07, 6.45) is 2.99. The van der Waals surface area contributed by atoms with Crippen molar-refractivity contribution in [1.82, 2.24) is 15.6 Å². The smallest absolute Gasteiger partial charge is 0.191 e. The molecule has 0 atom stereocenters. The highest BCUT2D eigenvalue weighted by molar-refractivity contribution is 14.0. The van der Waals surface area contributed by atoms with Crippen molar-refractivity contribution in [2.75, 3.05) is 13.1 Å². The SMILES string of the molecule is CC(C)(C)Sc1cc(CNC2=NCCCN2)ccn1.I. The molecule has 0 amide bonds. The highest BCUT2D eigenvalue weighted by atomic mass is 127. The molecule has 0 saturated heterocycles. The Kier molecular flexibility index (Phi) is 7.08. The molecule has 4 nitrogen and oxygen atoms in total. The zero-order valence-electron chi connectivity index (χ0n) is 12.3. The molecule has 2 N–H and O–H groups in total. The van der Waals surface area contributed by atoms with Gasteiger partial charge in [0, 0.05) is 30.6 Å². The van der Waals surface area contributed by atoms with E-state index in [0.29, 0.717) is 0 Å². The summed E-state index contributed by atoms with van der Waals surface area (Å²) in [6.45, 7) is 9.30. The lowest BCUT2D eigenvalue weighted by atomic mass is 10.2. The Morgan fingerprint density at radius 3 is 2.85 bits per heavy atom. The molecule has 0 radical (unpaired) electrons. The number of hydrogen-bond donors (Lipinski definition) is 2. The third-order valence-corrected chi connectivity index (χ3v) is 3.61. The minimum atomic E-state index is 0. The molecule has 112 valence electrons. The topological polar surface area (TPSA) is 49.3 Å². The van der Waals surface area contributed by atoms with E-state index in [2.05, 4.69) is 47.4 Å². The van der Waals surface area contributed by atoms with Gasteiger partial charge in [-0.1, -0.05) is 20.8 Å². The zero-order valence-corrected chi connectivity index (χ0v) is 15.4. The van der Waals surface area contributed by atoms with E-state index in [9.17, 15) is 0 Å². The number of nitrogens with zero attached hydrogens (tertiary/aromatic N) is 2. The summed E-state index contributed by atoms with van der Waals surface area (Å²) in [5.74, 6) is 0.910. The van der Waals surface area contributed by atoms with Crippen LogP contribution >= 0.6 is 35.7 Å². The van der Waals surface area contributed by atoms with Gasteiger partial charge in [0.05, 0.1) is 5.03 Å². The van der Waals surface area contributed by atoms with E-state index >= 15 is 0 Å². The van der Waals surface area contributed by atoms with Crippen LogP contribution in [0.3, 0.4) is 0 Å². The Labute approximate surface area is 142 Å². The molecule has 0 saturated carbocycles. The first-order chi connectivity index (χ1) is 9.03. The second-order valence-corrected chi connectivity index (χ2v) is 7.43. The Hall–Kier alpha value is -0.500. The van der Waals surface area contributed by atoms with Crippen LogP contribution in [0.5, 0.6) is 0 Å². The summed E-state index contributed by atoms with van der Waals surface area (Å²) in [4.78, 5) is 8.81. The first kappa shape index (κ1) is 17.6. The fraction of sp³-hybridized carbons (Fsp3) is 0.571. The molecule has 0 aromatic carbocycles. The lowest BCUT2D eigenvalue weighted by molar-refractivity contribution is 0.701. The number of guanidine groups is 1. The predicted octanol–water partition coefficient (Wildman–Crippen LogP) is 3.03. The quantitative estimate of drug-likeness (QED) is 0.599. The normalized spacial score (nSPS) is 14.8. The van der Waals surface area contributed by atoms with Crippen LogP contribution in [0.25, 0.3) is 0 Å². The molecule has 1 aromatic rings. The van der Waals surface area contributed by atoms with Crippen LogP contribution in [0.15, 0.2) is 28.3 Å². The van der Waals surface area contributed by atoms with Crippen LogP contribution in [0.1, 0.15) is 32.8 Å². The first-order valence-electron chi connectivity index (χ1n) is 6.69. The molecule has 1 aromatic heterocycles. The van der Waals surface area contributed by atoms with Crippen molar-refractivity contribution in [2.45, 2.75) is 43.5 Å². The summed E-state index contributed by atoms with van der Waals surface area (Å²) in [5.41, 5.74) is 1.23. The van der Waals surface area contributed by atoms with E-state index in [-0.39, 0.29) is 28.7 Å². The third kappa shape index (κ3) is 6.30. The van der Waals surface area contributed by atoms with E-state index in [0.717, 1.165) is 37.0 Å². The Morgan fingerprint density at radius 2 is 2.20 bits per heavy atom. The van der Waals surface area contributed by atoms with Gasteiger partial charge in [-0.15, -0.1) is 35.7 Å². The standard InChI is InChI=1S/C14H22N4S.HI/c1-14(2,3)19-12-9-11(5-8-15-12)10-18-13-16-6-4-7-17-13;/h5,8-9H,4,6-7,10H2,1-3H3,(H2,16,17,18);1H. The van der Waals surface area contributed by atoms with Gasteiger partial charge in [0.2, 0.25) is 0 Å². The molecule has 2 rings (SSSR count). The van der Waals surface area contributed by atoms with Gasteiger partial charge in [-0.05, 0) is 24.1 Å². The number of nitrogens with one attached hydrogen (secondary N) is 2. The number of thioether (sulfide) groups is 1. The van der Waals surface area contributed by atoms with Crippen molar-refractivity contribution < 1.29 is 0 Å². The highest BCUT2D eigenvalue weighted by Gasteiger charge is 2.13. The Morgan fingerprint density at radius 1 is 1.40 bits per heavy atom. The average Bonchev–Trinajstić information content (AvgIpc) is 2.36. The maximum Gasteiger partial charge on any atom is 0.191 e. The predicted molar refractivity (Wildman–Crippen MR) is 97.0 cm³/mol. The summed E-state index contributed by atoms with van der Waals surface area (Å²) >= 11 is 1.79. The maximum atomic E-state index is 4.41. The molecule has 0 spiro atoms. The summed E-state index contributed by atoms with van der Waals surface area (Å²) in [6, 6.07) is 4.19. The number of halogens is 1. The van der Waals surface area contributed by atoms with Crippen molar-refractivity contribution in [1.29, 1.82) is 0 Å². The van der Waals surface area contributed by atoms with Crippen LogP contribution in [-0.2, 0) is 6.54 Å². The van der Waals surface area contributed by atoms with Gasteiger partial charge in [0.15, 0.2) is 5.96 Å². The van der Waals surface area contributed by atoms with Gasteiger partial charge in [-0.3, -0.25) is 4.99 Å². The van der Waals surface area contributed by atoms with Crippen molar-refractivity contribution in [2.24, 2.45) is 4.99 Å². The molecule has 0 fully saturated rings. The van der Waals surface area contributed by atoms with Crippen molar-refractivity contribution >= 4 is 41.7 Å². The molecular weight excluding hydrogens is 383 g/mol. The number of aromatic nitrogens is 1. The number of hydrogen-bond acceptors (Lipinski definition) is 5. The van der Waals surface area contributed by atoms with E-state index < -0.39 is 0 Å². The van der Waals surface area contributed by atoms with Gasteiger partial charge in [0.1, 0.15) is 0 Å². The van der Waals surface area contributed by atoms with E-state index in [1.807, 2.05) is 12.3 Å². The van der Waals surface area contributed by atoms with Gasteiger partial charge in [0.25, 0.3) is 0 Å². The molecule has 0 unspecified atom stereocenters. The Bertz CT molecular complexity index is 457. The summed E-state index contributed by atoms with van der Waals surface area (Å²) in [5, 5.41) is 7.66. The molecule has 1 aliphatic heterocycles. The minimum absolute atomic E-state index is 0. The van der Waals surface area contributed by atoms with E-state index in [1.165, 1.54) is 5.56 Å². The van der Waals surface area contributed by atoms with Crippen LogP contribution in [0, 0.1) is 0 Å². The molecule has 2 heterocycles. The maximum absolute atomic E-state index is 4.41.